The van der Waals surface area contributed by atoms with Crippen molar-refractivity contribution >= 4 is 5.91 Å². The molecular formula is C11H19NO. The van der Waals surface area contributed by atoms with Crippen molar-refractivity contribution in [3.8, 4) is 0 Å². The van der Waals surface area contributed by atoms with E-state index in [1.54, 1.807) is 0 Å². The lowest BCUT2D eigenvalue weighted by Crippen LogP contribution is -2.27. The highest BCUT2D eigenvalue weighted by molar-refractivity contribution is 5.79. The van der Waals surface area contributed by atoms with Crippen molar-refractivity contribution in [2.45, 2.75) is 45.6 Å². The molecule has 2 nitrogen and oxygen atoms in total. The number of hydrogen-bond donors (Lipinski definition) is 0. The second-order valence-corrected chi connectivity index (χ2v) is 4.98. The highest BCUT2D eigenvalue weighted by atomic mass is 16.2. The Morgan fingerprint density at radius 1 is 1.46 bits per heavy atom. The minimum Gasteiger partial charge on any atom is -0.339 e. The van der Waals surface area contributed by atoms with Gasteiger partial charge in [0.05, 0.1) is 0 Å². The van der Waals surface area contributed by atoms with Gasteiger partial charge in [0.2, 0.25) is 5.91 Å². The fourth-order valence-electron chi connectivity index (χ4n) is 2.37. The Morgan fingerprint density at radius 2 is 2.15 bits per heavy atom. The fraction of sp³-hybridized carbons (Fsp3) is 0.909. The summed E-state index contributed by atoms with van der Waals surface area (Å²) in [6.07, 6.45) is 4.53. The largest absolute Gasteiger partial charge is 0.339 e. The molecule has 2 fully saturated rings. The minimum absolute atomic E-state index is 0.410. The number of hydrogen-bond acceptors (Lipinski definition) is 1. The standard InChI is InChI=1S/C11H19NO/c1-8(2)5-9-6-11(13)12(7-9)10-3-4-10/h8-10H,3-7H2,1-2H3. The third-order valence-corrected chi connectivity index (χ3v) is 3.03. The molecule has 0 N–H and O–H groups in total. The molecule has 0 radical (unpaired) electrons. The van der Waals surface area contributed by atoms with Gasteiger partial charge in [0.25, 0.3) is 0 Å². The quantitative estimate of drug-likeness (QED) is 0.652. The monoisotopic (exact) mass is 181 g/mol. The topological polar surface area (TPSA) is 20.3 Å². The fourth-order valence-corrected chi connectivity index (χ4v) is 2.37. The summed E-state index contributed by atoms with van der Waals surface area (Å²) in [5.74, 6) is 1.79. The molecule has 0 aromatic rings. The summed E-state index contributed by atoms with van der Waals surface area (Å²) >= 11 is 0. The van der Waals surface area contributed by atoms with Crippen LogP contribution in [0.4, 0.5) is 0 Å². The lowest BCUT2D eigenvalue weighted by Gasteiger charge is -2.16. The average Bonchev–Trinajstić information content (AvgIpc) is 2.77. The van der Waals surface area contributed by atoms with Gasteiger partial charge in [0.15, 0.2) is 0 Å². The maximum absolute atomic E-state index is 11.6. The summed E-state index contributed by atoms with van der Waals surface area (Å²) in [4.78, 5) is 13.7. The van der Waals surface area contributed by atoms with Gasteiger partial charge in [-0.05, 0) is 31.1 Å². The Labute approximate surface area is 80.3 Å². The first kappa shape index (κ1) is 9.04. The maximum Gasteiger partial charge on any atom is 0.223 e. The van der Waals surface area contributed by atoms with Crippen LogP contribution in [0.2, 0.25) is 0 Å². The lowest BCUT2D eigenvalue weighted by molar-refractivity contribution is -0.128. The van der Waals surface area contributed by atoms with E-state index in [4.69, 9.17) is 0 Å². The van der Waals surface area contributed by atoms with Crippen LogP contribution in [-0.4, -0.2) is 23.4 Å². The number of amides is 1. The molecule has 0 aromatic heterocycles. The zero-order valence-electron chi connectivity index (χ0n) is 8.62. The summed E-state index contributed by atoms with van der Waals surface area (Å²) in [7, 11) is 0. The lowest BCUT2D eigenvalue weighted by atomic mass is 9.96. The minimum atomic E-state index is 0.410. The first-order valence-corrected chi connectivity index (χ1v) is 5.46. The van der Waals surface area contributed by atoms with Crippen molar-refractivity contribution in [3.63, 3.8) is 0 Å². The molecule has 1 atom stereocenters. The summed E-state index contributed by atoms with van der Waals surface area (Å²) in [6, 6.07) is 0.629. The Morgan fingerprint density at radius 3 is 2.69 bits per heavy atom. The van der Waals surface area contributed by atoms with E-state index in [0.29, 0.717) is 17.9 Å². The van der Waals surface area contributed by atoms with Crippen LogP contribution in [0.1, 0.15) is 39.5 Å². The molecule has 0 bridgehead atoms. The van der Waals surface area contributed by atoms with E-state index in [1.807, 2.05) is 0 Å². The van der Waals surface area contributed by atoms with E-state index < -0.39 is 0 Å². The molecule has 13 heavy (non-hydrogen) atoms. The molecule has 74 valence electrons. The van der Waals surface area contributed by atoms with Crippen LogP contribution in [0, 0.1) is 11.8 Å². The number of likely N-dealkylation sites (tertiary alicyclic amines) is 1. The molecule has 1 heterocycles. The summed E-state index contributed by atoms with van der Waals surface area (Å²) in [5, 5.41) is 0. The zero-order chi connectivity index (χ0) is 9.42. The first-order valence-electron chi connectivity index (χ1n) is 5.46. The SMILES string of the molecule is CC(C)CC1CC(=O)N(C2CC2)C1. The van der Waals surface area contributed by atoms with E-state index in [1.165, 1.54) is 19.3 Å². The number of carbonyl (C=O) groups is 1. The number of rotatable bonds is 3. The van der Waals surface area contributed by atoms with Crippen LogP contribution in [0.15, 0.2) is 0 Å². The van der Waals surface area contributed by atoms with Crippen LogP contribution >= 0.6 is 0 Å². The van der Waals surface area contributed by atoms with Gasteiger partial charge >= 0.3 is 0 Å². The smallest absolute Gasteiger partial charge is 0.223 e. The maximum atomic E-state index is 11.6. The van der Waals surface area contributed by atoms with E-state index in [2.05, 4.69) is 18.7 Å². The van der Waals surface area contributed by atoms with Gasteiger partial charge in [-0.25, -0.2) is 0 Å². The van der Waals surface area contributed by atoms with E-state index in [-0.39, 0.29) is 0 Å². The summed E-state index contributed by atoms with van der Waals surface area (Å²) in [6.45, 7) is 5.52. The van der Waals surface area contributed by atoms with Gasteiger partial charge in [-0.2, -0.15) is 0 Å². The molecule has 0 aromatic carbocycles. The second-order valence-electron chi connectivity index (χ2n) is 4.98. The van der Waals surface area contributed by atoms with Crippen LogP contribution in [0.25, 0.3) is 0 Å². The molecule has 2 aliphatic rings. The Bertz CT molecular complexity index is 208. The normalized spacial score (nSPS) is 29.0. The van der Waals surface area contributed by atoms with Crippen molar-refractivity contribution in [1.82, 2.24) is 4.90 Å². The number of carbonyl (C=O) groups excluding carboxylic acids is 1. The van der Waals surface area contributed by atoms with Gasteiger partial charge in [-0.1, -0.05) is 13.8 Å². The van der Waals surface area contributed by atoms with E-state index >= 15 is 0 Å². The molecule has 2 heteroatoms. The highest BCUT2D eigenvalue weighted by Gasteiger charge is 2.39. The van der Waals surface area contributed by atoms with Crippen molar-refractivity contribution in [2.24, 2.45) is 11.8 Å². The van der Waals surface area contributed by atoms with E-state index in [9.17, 15) is 4.79 Å². The van der Waals surface area contributed by atoms with Crippen molar-refractivity contribution in [3.05, 3.63) is 0 Å². The van der Waals surface area contributed by atoms with E-state index in [0.717, 1.165) is 18.9 Å². The second kappa shape index (κ2) is 3.32. The molecule has 1 saturated heterocycles. The van der Waals surface area contributed by atoms with Crippen LogP contribution in [0.3, 0.4) is 0 Å². The highest BCUT2D eigenvalue weighted by Crippen LogP contribution is 2.34. The van der Waals surface area contributed by atoms with Crippen molar-refractivity contribution in [2.75, 3.05) is 6.54 Å². The van der Waals surface area contributed by atoms with Crippen LogP contribution in [0.5, 0.6) is 0 Å². The van der Waals surface area contributed by atoms with Gasteiger partial charge in [0.1, 0.15) is 0 Å². The molecule has 1 saturated carbocycles. The first-order chi connectivity index (χ1) is 6.16. The van der Waals surface area contributed by atoms with Crippen molar-refractivity contribution in [1.29, 1.82) is 0 Å². The van der Waals surface area contributed by atoms with Gasteiger partial charge in [0, 0.05) is 19.0 Å². The van der Waals surface area contributed by atoms with Crippen LogP contribution < -0.4 is 0 Å². The van der Waals surface area contributed by atoms with Crippen LogP contribution in [-0.2, 0) is 4.79 Å². The summed E-state index contributed by atoms with van der Waals surface area (Å²) < 4.78 is 0. The molecule has 1 unspecified atom stereocenters. The third-order valence-electron chi connectivity index (χ3n) is 3.03. The predicted octanol–water partition coefficient (Wildman–Crippen LogP) is 2.04. The summed E-state index contributed by atoms with van der Waals surface area (Å²) in [5.41, 5.74) is 0. The Kier molecular flexibility index (Phi) is 2.31. The average molecular weight is 181 g/mol. The van der Waals surface area contributed by atoms with Gasteiger partial charge in [-0.15, -0.1) is 0 Å². The molecule has 2 rings (SSSR count). The molecule has 1 aliphatic carbocycles. The number of nitrogens with zero attached hydrogens (tertiary/aromatic N) is 1. The zero-order valence-corrected chi connectivity index (χ0v) is 8.62. The Balaban J connectivity index is 1.86. The molecule has 1 aliphatic heterocycles. The molecular weight excluding hydrogens is 162 g/mol. The van der Waals surface area contributed by atoms with Gasteiger partial charge in [-0.3, -0.25) is 4.79 Å². The Hall–Kier alpha value is -0.530. The molecule has 0 spiro atoms. The third kappa shape index (κ3) is 2.04. The molecule has 1 amide bonds. The van der Waals surface area contributed by atoms with Crippen molar-refractivity contribution < 1.29 is 4.79 Å². The predicted molar refractivity (Wildman–Crippen MR) is 52.3 cm³/mol. The van der Waals surface area contributed by atoms with Gasteiger partial charge < -0.3 is 4.90 Å².